The smallest absolute Gasteiger partial charge is 0.264 e. The highest BCUT2D eigenvalue weighted by molar-refractivity contribution is 7.20. The van der Waals surface area contributed by atoms with Crippen LogP contribution in [0.15, 0.2) is 30.3 Å². The summed E-state index contributed by atoms with van der Waals surface area (Å²) in [5.74, 6) is 0.886. The molecule has 3 aromatic rings. The van der Waals surface area contributed by atoms with Crippen molar-refractivity contribution in [3.63, 3.8) is 0 Å². The highest BCUT2D eigenvalue weighted by Gasteiger charge is 2.25. The normalized spacial score (nSPS) is 15.0. The molecule has 0 unspecified atom stereocenters. The summed E-state index contributed by atoms with van der Waals surface area (Å²) in [5, 5.41) is 15.8. The first kappa shape index (κ1) is 18.8. The standard InChI is InChI=1S/C21H26N4O2S/c1-14(2)13-25-21-16(15(3)22-25)12-19(28-21)20(27)24-10-8-23(9-11-24)17-6-4-5-7-18(17)26/h4-7,12,14,26H,8-11,13H2,1-3H3. The Labute approximate surface area is 169 Å². The molecule has 7 heteroatoms. The summed E-state index contributed by atoms with van der Waals surface area (Å²) in [6, 6.07) is 9.36. The van der Waals surface area contributed by atoms with E-state index in [1.165, 1.54) is 0 Å². The van der Waals surface area contributed by atoms with Crippen molar-refractivity contribution < 1.29 is 9.90 Å². The van der Waals surface area contributed by atoms with E-state index in [-0.39, 0.29) is 11.7 Å². The number of amides is 1. The third kappa shape index (κ3) is 3.46. The van der Waals surface area contributed by atoms with Gasteiger partial charge in [0.1, 0.15) is 10.6 Å². The summed E-state index contributed by atoms with van der Waals surface area (Å²) in [6.45, 7) is 9.95. The Hall–Kier alpha value is -2.54. The van der Waals surface area contributed by atoms with E-state index in [4.69, 9.17) is 0 Å². The number of phenolic OH excluding ortho intramolecular Hbond substituents is 1. The number of hydrogen-bond donors (Lipinski definition) is 1. The molecule has 1 fully saturated rings. The maximum Gasteiger partial charge on any atom is 0.264 e. The van der Waals surface area contributed by atoms with Gasteiger partial charge in [0, 0.05) is 38.1 Å². The van der Waals surface area contributed by atoms with Crippen LogP contribution in [0.2, 0.25) is 0 Å². The number of carbonyl (C=O) groups excluding carboxylic acids is 1. The van der Waals surface area contributed by atoms with Gasteiger partial charge in [-0.1, -0.05) is 26.0 Å². The van der Waals surface area contributed by atoms with E-state index in [1.54, 1.807) is 17.4 Å². The second-order valence-electron chi connectivity index (χ2n) is 7.76. The molecule has 28 heavy (non-hydrogen) atoms. The van der Waals surface area contributed by atoms with Crippen molar-refractivity contribution in [2.75, 3.05) is 31.1 Å². The molecule has 0 bridgehead atoms. The van der Waals surface area contributed by atoms with Crippen molar-refractivity contribution in [3.05, 3.63) is 40.9 Å². The van der Waals surface area contributed by atoms with Crippen LogP contribution in [0.4, 0.5) is 5.69 Å². The van der Waals surface area contributed by atoms with Crippen LogP contribution in [0.5, 0.6) is 5.75 Å². The molecule has 3 heterocycles. The van der Waals surface area contributed by atoms with Crippen LogP contribution in [0, 0.1) is 12.8 Å². The number of aryl methyl sites for hydroxylation is 1. The van der Waals surface area contributed by atoms with E-state index in [1.807, 2.05) is 40.8 Å². The van der Waals surface area contributed by atoms with Gasteiger partial charge in [-0.3, -0.25) is 9.48 Å². The zero-order valence-corrected chi connectivity index (χ0v) is 17.4. The Kier molecular flexibility index (Phi) is 5.02. The number of carbonyl (C=O) groups is 1. The largest absolute Gasteiger partial charge is 0.506 e. The van der Waals surface area contributed by atoms with Gasteiger partial charge in [-0.2, -0.15) is 5.10 Å². The SMILES string of the molecule is Cc1nn(CC(C)C)c2sc(C(=O)N3CCN(c4ccccc4O)CC3)cc12. The molecule has 0 saturated carbocycles. The average Bonchev–Trinajstić information content (AvgIpc) is 3.23. The molecule has 148 valence electrons. The molecule has 1 aliphatic heterocycles. The molecular formula is C21H26N4O2S. The van der Waals surface area contributed by atoms with E-state index in [0.29, 0.717) is 32.1 Å². The summed E-state index contributed by atoms with van der Waals surface area (Å²) >= 11 is 1.54. The maximum absolute atomic E-state index is 13.1. The van der Waals surface area contributed by atoms with Gasteiger partial charge in [-0.25, -0.2) is 0 Å². The summed E-state index contributed by atoms with van der Waals surface area (Å²) in [6.07, 6.45) is 0. The first-order valence-electron chi connectivity index (χ1n) is 9.73. The molecule has 0 radical (unpaired) electrons. The van der Waals surface area contributed by atoms with Crippen LogP contribution in [0.25, 0.3) is 10.2 Å². The number of rotatable bonds is 4. The number of aromatic hydroxyl groups is 1. The zero-order valence-electron chi connectivity index (χ0n) is 16.6. The molecule has 0 spiro atoms. The molecule has 1 aromatic carbocycles. The Balaban J connectivity index is 1.49. The number of anilines is 1. The lowest BCUT2D eigenvalue weighted by Crippen LogP contribution is -2.48. The number of thiophene rings is 1. The first-order valence-corrected chi connectivity index (χ1v) is 10.5. The molecule has 1 saturated heterocycles. The quantitative estimate of drug-likeness (QED) is 0.727. The minimum atomic E-state index is 0.0913. The number of phenols is 1. The Morgan fingerprint density at radius 1 is 1.21 bits per heavy atom. The third-order valence-corrected chi connectivity index (χ3v) is 6.28. The van der Waals surface area contributed by atoms with Gasteiger partial charge in [-0.05, 0) is 31.0 Å². The average molecular weight is 399 g/mol. The van der Waals surface area contributed by atoms with Gasteiger partial charge in [0.05, 0.1) is 16.3 Å². The molecular weight excluding hydrogens is 372 g/mol. The Bertz CT molecular complexity index is 999. The predicted octanol–water partition coefficient (Wildman–Crippen LogP) is 3.73. The first-order chi connectivity index (χ1) is 13.4. The zero-order chi connectivity index (χ0) is 19.8. The van der Waals surface area contributed by atoms with Gasteiger partial charge in [-0.15, -0.1) is 11.3 Å². The van der Waals surface area contributed by atoms with Crippen LogP contribution in [-0.4, -0.2) is 51.9 Å². The van der Waals surface area contributed by atoms with Crippen LogP contribution in [0.3, 0.4) is 0 Å². The van der Waals surface area contributed by atoms with Crippen molar-refractivity contribution >= 4 is 33.1 Å². The molecule has 0 atom stereocenters. The summed E-state index contributed by atoms with van der Waals surface area (Å²) in [7, 11) is 0. The van der Waals surface area contributed by atoms with E-state index in [2.05, 4.69) is 23.8 Å². The molecule has 0 aliphatic carbocycles. The topological polar surface area (TPSA) is 61.6 Å². The molecule has 2 aromatic heterocycles. The van der Waals surface area contributed by atoms with Crippen LogP contribution in [-0.2, 0) is 6.54 Å². The second-order valence-corrected chi connectivity index (χ2v) is 8.79. The lowest BCUT2D eigenvalue weighted by atomic mass is 10.2. The molecule has 4 rings (SSSR count). The van der Waals surface area contributed by atoms with Crippen molar-refractivity contribution in [2.24, 2.45) is 5.92 Å². The van der Waals surface area contributed by atoms with Crippen LogP contribution < -0.4 is 4.90 Å². The van der Waals surface area contributed by atoms with E-state index >= 15 is 0 Å². The lowest BCUT2D eigenvalue weighted by Gasteiger charge is -2.36. The van der Waals surface area contributed by atoms with E-state index in [9.17, 15) is 9.90 Å². The van der Waals surface area contributed by atoms with E-state index in [0.717, 1.165) is 33.0 Å². The van der Waals surface area contributed by atoms with Gasteiger partial charge in [0.25, 0.3) is 5.91 Å². The van der Waals surface area contributed by atoms with Gasteiger partial charge >= 0.3 is 0 Å². The van der Waals surface area contributed by atoms with Crippen LogP contribution >= 0.6 is 11.3 Å². The fourth-order valence-electron chi connectivity index (χ4n) is 3.73. The lowest BCUT2D eigenvalue weighted by molar-refractivity contribution is 0.0751. The number of nitrogens with zero attached hydrogens (tertiary/aromatic N) is 4. The van der Waals surface area contributed by atoms with Crippen LogP contribution in [0.1, 0.15) is 29.2 Å². The van der Waals surface area contributed by atoms with Gasteiger partial charge < -0.3 is 14.9 Å². The van der Waals surface area contributed by atoms with Crippen molar-refractivity contribution in [1.29, 1.82) is 0 Å². The molecule has 6 nitrogen and oxygen atoms in total. The maximum atomic E-state index is 13.1. The van der Waals surface area contributed by atoms with Crippen molar-refractivity contribution in [1.82, 2.24) is 14.7 Å². The third-order valence-electron chi connectivity index (χ3n) is 5.15. The number of para-hydroxylation sites is 2. The Morgan fingerprint density at radius 3 is 2.61 bits per heavy atom. The second kappa shape index (κ2) is 7.47. The highest BCUT2D eigenvalue weighted by atomic mass is 32.1. The number of benzene rings is 1. The fraction of sp³-hybridized carbons (Fsp3) is 0.429. The minimum absolute atomic E-state index is 0.0913. The highest BCUT2D eigenvalue weighted by Crippen LogP contribution is 2.31. The van der Waals surface area contributed by atoms with Crippen molar-refractivity contribution in [3.8, 4) is 5.75 Å². The molecule has 1 amide bonds. The van der Waals surface area contributed by atoms with E-state index < -0.39 is 0 Å². The predicted molar refractivity (Wildman–Crippen MR) is 113 cm³/mol. The fourth-order valence-corrected chi connectivity index (χ4v) is 4.86. The number of fused-ring (bicyclic) bond motifs is 1. The number of hydrogen-bond acceptors (Lipinski definition) is 5. The monoisotopic (exact) mass is 398 g/mol. The summed E-state index contributed by atoms with van der Waals surface area (Å²) < 4.78 is 2.03. The minimum Gasteiger partial charge on any atom is -0.506 e. The summed E-state index contributed by atoms with van der Waals surface area (Å²) in [5.41, 5.74) is 1.82. The number of piperazine rings is 1. The Morgan fingerprint density at radius 2 is 1.93 bits per heavy atom. The number of aromatic nitrogens is 2. The molecule has 1 N–H and O–H groups in total. The molecule has 1 aliphatic rings. The van der Waals surface area contributed by atoms with Gasteiger partial charge in [0.2, 0.25) is 0 Å². The summed E-state index contributed by atoms with van der Waals surface area (Å²) in [4.78, 5) is 19.0. The van der Waals surface area contributed by atoms with Gasteiger partial charge in [0.15, 0.2) is 0 Å². The van der Waals surface area contributed by atoms with Crippen molar-refractivity contribution in [2.45, 2.75) is 27.3 Å².